The fourth-order valence-electron chi connectivity index (χ4n) is 1.85. The minimum atomic E-state index is -1.50. The highest BCUT2D eigenvalue weighted by atomic mass is 19.2. The van der Waals surface area contributed by atoms with Gasteiger partial charge in [0.05, 0.1) is 11.7 Å². The van der Waals surface area contributed by atoms with Gasteiger partial charge in [0.2, 0.25) is 0 Å². The molecule has 2 rings (SSSR count). The number of nitrogens with zero attached hydrogens (tertiary/aromatic N) is 2. The van der Waals surface area contributed by atoms with E-state index >= 15 is 0 Å². The third-order valence-electron chi connectivity index (χ3n) is 2.82. The van der Waals surface area contributed by atoms with Gasteiger partial charge in [0.25, 0.3) is 0 Å². The van der Waals surface area contributed by atoms with Crippen LogP contribution in [0.3, 0.4) is 0 Å². The SMILES string of the molecule is Cn1ccc(CC(NN)c2ccc(F)c(F)c2F)n1. The van der Waals surface area contributed by atoms with Crippen molar-refractivity contribution in [3.8, 4) is 0 Å². The fourth-order valence-corrected chi connectivity index (χ4v) is 1.85. The zero-order valence-electron chi connectivity index (χ0n) is 10.2. The van der Waals surface area contributed by atoms with Crippen molar-refractivity contribution >= 4 is 0 Å². The van der Waals surface area contributed by atoms with Gasteiger partial charge in [0.1, 0.15) is 0 Å². The van der Waals surface area contributed by atoms with Crippen molar-refractivity contribution in [3.63, 3.8) is 0 Å². The predicted octanol–water partition coefficient (Wildman–Crippen LogP) is 1.58. The molecule has 2 aromatic rings. The first kappa shape index (κ1) is 13.6. The Bertz CT molecular complexity index is 582. The van der Waals surface area contributed by atoms with Gasteiger partial charge in [-0.05, 0) is 12.1 Å². The maximum Gasteiger partial charge on any atom is 0.194 e. The van der Waals surface area contributed by atoms with Gasteiger partial charge in [0.15, 0.2) is 17.5 Å². The summed E-state index contributed by atoms with van der Waals surface area (Å²) < 4.78 is 41.3. The van der Waals surface area contributed by atoms with Crippen LogP contribution in [0.4, 0.5) is 13.2 Å². The van der Waals surface area contributed by atoms with E-state index in [0.717, 1.165) is 6.07 Å². The lowest BCUT2D eigenvalue weighted by atomic mass is 10.0. The quantitative estimate of drug-likeness (QED) is 0.504. The molecule has 1 atom stereocenters. The number of halogens is 3. The Morgan fingerprint density at radius 1 is 1.26 bits per heavy atom. The highest BCUT2D eigenvalue weighted by Gasteiger charge is 2.21. The van der Waals surface area contributed by atoms with E-state index in [-0.39, 0.29) is 12.0 Å². The summed E-state index contributed by atoms with van der Waals surface area (Å²) in [5, 5.41) is 4.12. The van der Waals surface area contributed by atoms with Crippen molar-refractivity contribution in [2.24, 2.45) is 12.9 Å². The van der Waals surface area contributed by atoms with Crippen molar-refractivity contribution in [2.45, 2.75) is 12.5 Å². The van der Waals surface area contributed by atoms with Crippen LogP contribution in [0.2, 0.25) is 0 Å². The fraction of sp³-hybridized carbons (Fsp3) is 0.250. The van der Waals surface area contributed by atoms with Crippen molar-refractivity contribution in [1.29, 1.82) is 0 Å². The number of aryl methyl sites for hydroxylation is 1. The highest BCUT2D eigenvalue weighted by Crippen LogP contribution is 2.23. The largest absolute Gasteiger partial charge is 0.276 e. The molecule has 0 fully saturated rings. The van der Waals surface area contributed by atoms with E-state index in [1.807, 2.05) is 0 Å². The second-order valence-corrected chi connectivity index (χ2v) is 4.17. The number of rotatable bonds is 4. The van der Waals surface area contributed by atoms with E-state index < -0.39 is 23.5 Å². The summed E-state index contributed by atoms with van der Waals surface area (Å²) in [6.07, 6.45) is 1.99. The van der Waals surface area contributed by atoms with Crippen molar-refractivity contribution in [2.75, 3.05) is 0 Å². The number of hydrogen-bond donors (Lipinski definition) is 2. The van der Waals surface area contributed by atoms with E-state index in [0.29, 0.717) is 5.69 Å². The monoisotopic (exact) mass is 270 g/mol. The Hall–Kier alpha value is -1.86. The average molecular weight is 270 g/mol. The van der Waals surface area contributed by atoms with Gasteiger partial charge in [-0.3, -0.25) is 16.0 Å². The van der Waals surface area contributed by atoms with Crippen molar-refractivity contribution in [3.05, 3.63) is 53.1 Å². The number of hydrazine groups is 1. The van der Waals surface area contributed by atoms with Crippen LogP contribution in [0.1, 0.15) is 17.3 Å². The lowest BCUT2D eigenvalue weighted by Crippen LogP contribution is -2.30. The van der Waals surface area contributed by atoms with Crippen LogP contribution in [0.25, 0.3) is 0 Å². The lowest BCUT2D eigenvalue weighted by molar-refractivity contribution is 0.424. The summed E-state index contributed by atoms with van der Waals surface area (Å²) in [5.41, 5.74) is 3.01. The van der Waals surface area contributed by atoms with Crippen LogP contribution >= 0.6 is 0 Å². The Kier molecular flexibility index (Phi) is 3.87. The summed E-state index contributed by atoms with van der Waals surface area (Å²) in [6, 6.07) is 3.09. The zero-order chi connectivity index (χ0) is 14.0. The summed E-state index contributed by atoms with van der Waals surface area (Å²) in [5.74, 6) is 1.38. The molecule has 0 aliphatic rings. The molecule has 1 aromatic heterocycles. The first-order valence-electron chi connectivity index (χ1n) is 5.61. The number of benzene rings is 1. The maximum absolute atomic E-state index is 13.7. The van der Waals surface area contributed by atoms with E-state index in [1.54, 1.807) is 24.0 Å². The summed E-state index contributed by atoms with van der Waals surface area (Å²) in [4.78, 5) is 0. The van der Waals surface area contributed by atoms with Crippen LogP contribution in [0.15, 0.2) is 24.4 Å². The number of hydrogen-bond acceptors (Lipinski definition) is 3. The van der Waals surface area contributed by atoms with Gasteiger partial charge >= 0.3 is 0 Å². The number of nitrogens with two attached hydrogens (primary N) is 1. The van der Waals surface area contributed by atoms with E-state index in [1.165, 1.54) is 6.07 Å². The first-order valence-corrected chi connectivity index (χ1v) is 5.61. The van der Waals surface area contributed by atoms with Gasteiger partial charge in [-0.2, -0.15) is 5.10 Å². The highest BCUT2D eigenvalue weighted by molar-refractivity contribution is 5.25. The third-order valence-corrected chi connectivity index (χ3v) is 2.82. The van der Waals surface area contributed by atoms with E-state index in [2.05, 4.69) is 10.5 Å². The van der Waals surface area contributed by atoms with Crippen LogP contribution in [0.5, 0.6) is 0 Å². The molecule has 0 spiro atoms. The van der Waals surface area contributed by atoms with Gasteiger partial charge in [-0.25, -0.2) is 13.2 Å². The molecule has 19 heavy (non-hydrogen) atoms. The molecule has 0 saturated heterocycles. The predicted molar refractivity (Wildman–Crippen MR) is 63.3 cm³/mol. The molecule has 0 bridgehead atoms. The Balaban J connectivity index is 2.29. The second kappa shape index (κ2) is 5.41. The van der Waals surface area contributed by atoms with Gasteiger partial charge in [0, 0.05) is 25.2 Å². The van der Waals surface area contributed by atoms with Crippen LogP contribution in [0, 0.1) is 17.5 Å². The van der Waals surface area contributed by atoms with E-state index in [4.69, 9.17) is 5.84 Å². The zero-order valence-corrected chi connectivity index (χ0v) is 10.2. The van der Waals surface area contributed by atoms with Crippen LogP contribution in [-0.2, 0) is 13.5 Å². The van der Waals surface area contributed by atoms with Gasteiger partial charge in [-0.15, -0.1) is 0 Å². The average Bonchev–Trinajstić information content (AvgIpc) is 2.80. The third kappa shape index (κ3) is 2.77. The summed E-state index contributed by atoms with van der Waals surface area (Å²) >= 11 is 0. The van der Waals surface area contributed by atoms with Crippen molar-refractivity contribution < 1.29 is 13.2 Å². The topological polar surface area (TPSA) is 55.9 Å². The first-order chi connectivity index (χ1) is 9.02. The Morgan fingerprint density at radius 3 is 2.58 bits per heavy atom. The molecule has 0 saturated carbocycles. The molecular formula is C12H13F3N4. The molecule has 1 unspecified atom stereocenters. The standard InChI is InChI=1S/C12H13F3N4/c1-19-5-4-7(18-19)6-10(17-16)8-2-3-9(13)12(15)11(8)14/h2-5,10,17H,6,16H2,1H3. The summed E-state index contributed by atoms with van der Waals surface area (Å²) in [6.45, 7) is 0. The molecule has 7 heteroatoms. The molecular weight excluding hydrogens is 257 g/mol. The molecule has 102 valence electrons. The normalized spacial score (nSPS) is 12.7. The van der Waals surface area contributed by atoms with Crippen LogP contribution < -0.4 is 11.3 Å². The molecule has 1 aromatic carbocycles. The second-order valence-electron chi connectivity index (χ2n) is 4.17. The number of nitrogens with one attached hydrogen (secondary N) is 1. The van der Waals surface area contributed by atoms with E-state index in [9.17, 15) is 13.2 Å². The lowest BCUT2D eigenvalue weighted by Gasteiger charge is -2.16. The van der Waals surface area contributed by atoms with Gasteiger partial charge < -0.3 is 0 Å². The molecule has 3 N–H and O–H groups in total. The van der Waals surface area contributed by atoms with Crippen LogP contribution in [-0.4, -0.2) is 9.78 Å². The summed E-state index contributed by atoms with van der Waals surface area (Å²) in [7, 11) is 1.74. The Morgan fingerprint density at radius 2 is 2.00 bits per heavy atom. The molecule has 1 heterocycles. The molecule has 4 nitrogen and oxygen atoms in total. The smallest absolute Gasteiger partial charge is 0.194 e. The minimum Gasteiger partial charge on any atom is -0.276 e. The molecule has 0 radical (unpaired) electrons. The maximum atomic E-state index is 13.7. The minimum absolute atomic E-state index is 0.0351. The molecule has 0 aliphatic heterocycles. The molecule has 0 amide bonds. The van der Waals surface area contributed by atoms with Gasteiger partial charge in [-0.1, -0.05) is 6.07 Å². The Labute approximate surface area is 108 Å². The molecule has 0 aliphatic carbocycles. The number of aromatic nitrogens is 2. The van der Waals surface area contributed by atoms with Crippen molar-refractivity contribution in [1.82, 2.24) is 15.2 Å².